The molecular weight excluding hydrogens is 260 g/mol. The Balaban J connectivity index is 1.76. The molecule has 2 heterocycles. The number of benzene rings is 1. The van der Waals surface area contributed by atoms with E-state index in [0.717, 1.165) is 30.5 Å². The van der Waals surface area contributed by atoms with Gasteiger partial charge in [-0.1, -0.05) is 25.1 Å². The molecule has 0 radical (unpaired) electrons. The third-order valence-corrected chi connectivity index (χ3v) is 4.22. The van der Waals surface area contributed by atoms with Gasteiger partial charge in [0.1, 0.15) is 11.9 Å². The first-order chi connectivity index (χ1) is 10.3. The van der Waals surface area contributed by atoms with Crippen LogP contribution in [0.3, 0.4) is 0 Å². The Hall–Kier alpha value is -2.12. The van der Waals surface area contributed by atoms with Crippen LogP contribution in [0.1, 0.15) is 18.9 Å². The van der Waals surface area contributed by atoms with Gasteiger partial charge in [0.2, 0.25) is 0 Å². The standard InChI is InChI=1S/C17H20N4/c1-2-21-8-7-13(12-21)11-19-17-15(10-18)9-14-5-3-4-6-16(14)20-17/h3-6,9,13H,2,7-8,11-12H2,1H3,(H,19,20). The van der Waals surface area contributed by atoms with E-state index in [1.165, 1.54) is 13.0 Å². The van der Waals surface area contributed by atoms with Crippen LogP contribution in [0.15, 0.2) is 30.3 Å². The average Bonchev–Trinajstić information content (AvgIpc) is 3.00. The van der Waals surface area contributed by atoms with Crippen LogP contribution in [0.4, 0.5) is 5.82 Å². The van der Waals surface area contributed by atoms with E-state index in [4.69, 9.17) is 0 Å². The number of pyridine rings is 1. The second kappa shape index (κ2) is 6.11. The molecule has 21 heavy (non-hydrogen) atoms. The van der Waals surface area contributed by atoms with Gasteiger partial charge in [0, 0.05) is 18.5 Å². The van der Waals surface area contributed by atoms with Crippen LogP contribution in [-0.4, -0.2) is 36.1 Å². The van der Waals surface area contributed by atoms with Crippen LogP contribution < -0.4 is 5.32 Å². The van der Waals surface area contributed by atoms with Gasteiger partial charge >= 0.3 is 0 Å². The molecule has 1 aromatic carbocycles. The third-order valence-electron chi connectivity index (χ3n) is 4.22. The quantitative estimate of drug-likeness (QED) is 0.935. The average molecular weight is 280 g/mol. The van der Waals surface area contributed by atoms with Crippen LogP contribution in [0.2, 0.25) is 0 Å². The molecule has 0 aliphatic carbocycles. The summed E-state index contributed by atoms with van der Waals surface area (Å²) in [6.07, 6.45) is 1.22. The number of anilines is 1. The first-order valence-electron chi connectivity index (χ1n) is 7.56. The van der Waals surface area contributed by atoms with Crippen molar-refractivity contribution in [3.05, 3.63) is 35.9 Å². The van der Waals surface area contributed by atoms with E-state index in [9.17, 15) is 5.26 Å². The van der Waals surface area contributed by atoms with Crippen molar-refractivity contribution >= 4 is 16.7 Å². The number of hydrogen-bond donors (Lipinski definition) is 1. The molecule has 0 spiro atoms. The number of fused-ring (bicyclic) bond motifs is 1. The number of rotatable bonds is 4. The van der Waals surface area contributed by atoms with Crippen molar-refractivity contribution in [1.29, 1.82) is 5.26 Å². The molecule has 4 heteroatoms. The predicted molar refractivity (Wildman–Crippen MR) is 85.2 cm³/mol. The third kappa shape index (κ3) is 2.98. The maximum absolute atomic E-state index is 9.31. The molecule has 0 amide bonds. The molecule has 0 bridgehead atoms. The van der Waals surface area contributed by atoms with Crippen molar-refractivity contribution in [1.82, 2.24) is 9.88 Å². The van der Waals surface area contributed by atoms with E-state index in [-0.39, 0.29) is 0 Å². The molecule has 1 atom stereocenters. The van der Waals surface area contributed by atoms with E-state index in [1.54, 1.807) is 0 Å². The van der Waals surface area contributed by atoms with E-state index in [0.29, 0.717) is 17.3 Å². The summed E-state index contributed by atoms with van der Waals surface area (Å²) in [6, 6.07) is 12.1. The Morgan fingerprint density at radius 2 is 2.29 bits per heavy atom. The topological polar surface area (TPSA) is 52.0 Å². The van der Waals surface area contributed by atoms with Gasteiger partial charge in [-0.25, -0.2) is 4.98 Å². The highest BCUT2D eigenvalue weighted by Gasteiger charge is 2.21. The lowest BCUT2D eigenvalue weighted by Crippen LogP contribution is -2.22. The summed E-state index contributed by atoms with van der Waals surface area (Å²) in [5, 5.41) is 13.7. The van der Waals surface area contributed by atoms with Crippen molar-refractivity contribution in [2.75, 3.05) is 31.5 Å². The zero-order valence-corrected chi connectivity index (χ0v) is 12.3. The molecule has 3 rings (SSSR count). The van der Waals surface area contributed by atoms with Crippen LogP contribution >= 0.6 is 0 Å². The predicted octanol–water partition coefficient (Wildman–Crippen LogP) is 2.86. The molecule has 1 aromatic heterocycles. The Morgan fingerprint density at radius 3 is 3.05 bits per heavy atom. The zero-order valence-electron chi connectivity index (χ0n) is 12.3. The fourth-order valence-electron chi connectivity index (χ4n) is 2.94. The summed E-state index contributed by atoms with van der Waals surface area (Å²) in [5.41, 5.74) is 1.56. The Morgan fingerprint density at radius 1 is 1.43 bits per heavy atom. The highest BCUT2D eigenvalue weighted by molar-refractivity contribution is 5.82. The summed E-state index contributed by atoms with van der Waals surface area (Å²) >= 11 is 0. The summed E-state index contributed by atoms with van der Waals surface area (Å²) < 4.78 is 0. The minimum Gasteiger partial charge on any atom is -0.369 e. The molecule has 1 aliphatic rings. The van der Waals surface area contributed by atoms with Crippen LogP contribution in [0, 0.1) is 17.2 Å². The Kier molecular flexibility index (Phi) is 4.03. The fraction of sp³-hybridized carbons (Fsp3) is 0.412. The SMILES string of the molecule is CCN1CCC(CNc2nc3ccccc3cc2C#N)C1. The number of hydrogen-bond acceptors (Lipinski definition) is 4. The molecule has 1 unspecified atom stereocenters. The van der Waals surface area contributed by atoms with Gasteiger partial charge in [-0.05, 0) is 37.6 Å². The van der Waals surface area contributed by atoms with E-state index in [1.807, 2.05) is 30.3 Å². The zero-order chi connectivity index (χ0) is 14.7. The van der Waals surface area contributed by atoms with Gasteiger partial charge in [0.15, 0.2) is 0 Å². The second-order valence-electron chi connectivity index (χ2n) is 5.62. The first kappa shape index (κ1) is 13.8. The van der Waals surface area contributed by atoms with Gasteiger partial charge in [0.25, 0.3) is 0 Å². The maximum atomic E-state index is 9.31. The Labute approximate surface area is 125 Å². The normalized spacial score (nSPS) is 18.8. The van der Waals surface area contributed by atoms with Gasteiger partial charge < -0.3 is 10.2 Å². The number of nitrogens with zero attached hydrogens (tertiary/aromatic N) is 3. The maximum Gasteiger partial charge on any atom is 0.144 e. The molecular formula is C17H20N4. The van der Waals surface area contributed by atoms with Gasteiger partial charge in [0.05, 0.1) is 11.1 Å². The minimum atomic E-state index is 0.624. The minimum absolute atomic E-state index is 0.624. The summed E-state index contributed by atoms with van der Waals surface area (Å²) in [4.78, 5) is 7.06. The summed E-state index contributed by atoms with van der Waals surface area (Å²) in [6.45, 7) is 6.53. The van der Waals surface area contributed by atoms with Crippen LogP contribution in [-0.2, 0) is 0 Å². The fourth-order valence-corrected chi connectivity index (χ4v) is 2.94. The van der Waals surface area contributed by atoms with Gasteiger partial charge in [-0.2, -0.15) is 5.26 Å². The van der Waals surface area contributed by atoms with Crippen LogP contribution in [0.25, 0.3) is 10.9 Å². The van der Waals surface area contributed by atoms with Crippen molar-refractivity contribution in [3.8, 4) is 6.07 Å². The molecule has 4 nitrogen and oxygen atoms in total. The lowest BCUT2D eigenvalue weighted by Gasteiger charge is -2.15. The summed E-state index contributed by atoms with van der Waals surface area (Å²) in [7, 11) is 0. The summed E-state index contributed by atoms with van der Waals surface area (Å²) in [5.74, 6) is 1.36. The van der Waals surface area contributed by atoms with Crippen molar-refractivity contribution in [3.63, 3.8) is 0 Å². The van der Waals surface area contributed by atoms with Crippen LogP contribution in [0.5, 0.6) is 0 Å². The first-order valence-corrected chi connectivity index (χ1v) is 7.56. The number of nitriles is 1. The molecule has 1 fully saturated rings. The van der Waals surface area contributed by atoms with E-state index in [2.05, 4.69) is 28.2 Å². The van der Waals surface area contributed by atoms with E-state index < -0.39 is 0 Å². The van der Waals surface area contributed by atoms with Crippen molar-refractivity contribution < 1.29 is 0 Å². The number of aromatic nitrogens is 1. The lowest BCUT2D eigenvalue weighted by atomic mass is 10.1. The highest BCUT2D eigenvalue weighted by Crippen LogP contribution is 2.21. The lowest BCUT2D eigenvalue weighted by molar-refractivity contribution is 0.345. The smallest absolute Gasteiger partial charge is 0.144 e. The monoisotopic (exact) mass is 280 g/mol. The number of nitrogens with one attached hydrogen (secondary N) is 1. The molecule has 2 aromatic rings. The second-order valence-corrected chi connectivity index (χ2v) is 5.62. The van der Waals surface area contributed by atoms with Crippen molar-refractivity contribution in [2.24, 2.45) is 5.92 Å². The van der Waals surface area contributed by atoms with Gasteiger partial charge in [-0.15, -0.1) is 0 Å². The largest absolute Gasteiger partial charge is 0.369 e. The molecule has 1 N–H and O–H groups in total. The molecule has 1 aliphatic heterocycles. The molecule has 0 saturated carbocycles. The van der Waals surface area contributed by atoms with Crippen molar-refractivity contribution in [2.45, 2.75) is 13.3 Å². The molecule has 108 valence electrons. The number of para-hydroxylation sites is 1. The highest BCUT2D eigenvalue weighted by atomic mass is 15.1. The molecule has 1 saturated heterocycles. The number of likely N-dealkylation sites (tertiary alicyclic amines) is 1. The van der Waals surface area contributed by atoms with E-state index >= 15 is 0 Å². The Bertz CT molecular complexity index is 674. The van der Waals surface area contributed by atoms with Gasteiger partial charge in [-0.3, -0.25) is 0 Å².